The highest BCUT2D eigenvalue weighted by Crippen LogP contribution is 2.19. The average Bonchev–Trinajstić information content (AvgIpc) is 2.36. The zero-order valence-electron chi connectivity index (χ0n) is 12.1. The second kappa shape index (κ2) is 7.73. The van der Waals surface area contributed by atoms with Gasteiger partial charge in [-0.3, -0.25) is 4.90 Å². The van der Waals surface area contributed by atoms with Crippen LogP contribution in [0.15, 0.2) is 18.2 Å². The summed E-state index contributed by atoms with van der Waals surface area (Å²) in [6, 6.07) is 6.98. The Bertz CT molecular complexity index is 398. The van der Waals surface area contributed by atoms with Gasteiger partial charge in [0.15, 0.2) is 0 Å². The minimum atomic E-state index is 0. The summed E-state index contributed by atoms with van der Waals surface area (Å²) in [5, 5.41) is 3.41. The van der Waals surface area contributed by atoms with Crippen molar-refractivity contribution in [3.63, 3.8) is 0 Å². The van der Waals surface area contributed by atoms with Crippen LogP contribution in [0.4, 0.5) is 0 Å². The van der Waals surface area contributed by atoms with E-state index in [-0.39, 0.29) is 12.4 Å². The molecule has 1 fully saturated rings. The Morgan fingerprint density at radius 1 is 1.37 bits per heavy atom. The minimum absolute atomic E-state index is 0. The van der Waals surface area contributed by atoms with Gasteiger partial charge in [0, 0.05) is 32.2 Å². The van der Waals surface area contributed by atoms with Gasteiger partial charge in [0.2, 0.25) is 0 Å². The van der Waals surface area contributed by atoms with Crippen molar-refractivity contribution in [1.82, 2.24) is 10.2 Å². The molecule has 0 spiro atoms. The van der Waals surface area contributed by atoms with Crippen molar-refractivity contribution in [2.24, 2.45) is 0 Å². The molecule has 1 heterocycles. The number of rotatable bonds is 4. The number of hydrogen-bond acceptors (Lipinski definition) is 3. The fourth-order valence-electron chi connectivity index (χ4n) is 2.35. The van der Waals surface area contributed by atoms with Crippen molar-refractivity contribution < 1.29 is 4.74 Å². The Morgan fingerprint density at radius 3 is 2.89 bits per heavy atom. The summed E-state index contributed by atoms with van der Waals surface area (Å²) in [4.78, 5) is 2.49. The highest BCUT2D eigenvalue weighted by atomic mass is 35.5. The van der Waals surface area contributed by atoms with E-state index in [1.165, 1.54) is 11.1 Å². The van der Waals surface area contributed by atoms with Crippen molar-refractivity contribution in [3.05, 3.63) is 29.3 Å². The van der Waals surface area contributed by atoms with Crippen molar-refractivity contribution in [3.8, 4) is 5.75 Å². The molecule has 0 radical (unpaired) electrons. The van der Waals surface area contributed by atoms with Crippen LogP contribution >= 0.6 is 12.4 Å². The molecule has 1 aliphatic heterocycles. The zero-order valence-corrected chi connectivity index (χ0v) is 12.9. The summed E-state index contributed by atoms with van der Waals surface area (Å²) in [6.07, 6.45) is 0. The van der Waals surface area contributed by atoms with E-state index in [2.05, 4.69) is 49.2 Å². The van der Waals surface area contributed by atoms with E-state index in [4.69, 9.17) is 4.74 Å². The predicted molar refractivity (Wildman–Crippen MR) is 82.6 cm³/mol. The Hall–Kier alpha value is -0.770. The molecule has 0 aliphatic carbocycles. The van der Waals surface area contributed by atoms with Gasteiger partial charge in [0.05, 0.1) is 0 Å². The van der Waals surface area contributed by atoms with Crippen molar-refractivity contribution in [2.75, 3.05) is 32.8 Å². The third kappa shape index (κ3) is 4.68. The lowest BCUT2D eigenvalue weighted by Gasteiger charge is -2.33. The molecule has 0 aromatic heterocycles. The SMILES string of the molecule is Cc1ccc(C)c(OCCN2CCNC[C@@H]2C)c1.Cl. The van der Waals surface area contributed by atoms with E-state index >= 15 is 0 Å². The van der Waals surface area contributed by atoms with Gasteiger partial charge in [0.25, 0.3) is 0 Å². The maximum absolute atomic E-state index is 5.91. The third-order valence-electron chi connectivity index (χ3n) is 3.62. The first kappa shape index (κ1) is 16.3. The molecule has 1 aliphatic rings. The molecule has 3 nitrogen and oxygen atoms in total. The molecular weight excluding hydrogens is 260 g/mol. The number of piperazine rings is 1. The third-order valence-corrected chi connectivity index (χ3v) is 3.62. The predicted octanol–water partition coefficient (Wildman–Crippen LogP) is 2.40. The van der Waals surface area contributed by atoms with E-state index in [1.54, 1.807) is 0 Å². The fourth-order valence-corrected chi connectivity index (χ4v) is 2.35. The normalized spacial score (nSPS) is 19.8. The lowest BCUT2D eigenvalue weighted by molar-refractivity contribution is 0.143. The lowest BCUT2D eigenvalue weighted by atomic mass is 10.1. The average molecular weight is 285 g/mol. The molecular formula is C15H25ClN2O. The summed E-state index contributed by atoms with van der Waals surface area (Å²) >= 11 is 0. The maximum atomic E-state index is 5.91. The number of hydrogen-bond donors (Lipinski definition) is 1. The fraction of sp³-hybridized carbons (Fsp3) is 0.600. The summed E-state index contributed by atoms with van der Waals surface area (Å²) in [7, 11) is 0. The second-order valence-corrected chi connectivity index (χ2v) is 5.21. The van der Waals surface area contributed by atoms with Crippen LogP contribution in [0.1, 0.15) is 18.1 Å². The monoisotopic (exact) mass is 284 g/mol. The molecule has 19 heavy (non-hydrogen) atoms. The summed E-state index contributed by atoms with van der Waals surface area (Å²) in [5.41, 5.74) is 2.47. The molecule has 0 amide bonds. The van der Waals surface area contributed by atoms with Gasteiger partial charge >= 0.3 is 0 Å². The van der Waals surface area contributed by atoms with Crippen LogP contribution < -0.4 is 10.1 Å². The van der Waals surface area contributed by atoms with E-state index in [1.807, 2.05) is 0 Å². The van der Waals surface area contributed by atoms with Crippen LogP contribution in [0.25, 0.3) is 0 Å². The Kier molecular flexibility index (Phi) is 6.63. The smallest absolute Gasteiger partial charge is 0.122 e. The Balaban J connectivity index is 0.00000180. The van der Waals surface area contributed by atoms with E-state index in [9.17, 15) is 0 Å². The van der Waals surface area contributed by atoms with Gasteiger partial charge in [-0.2, -0.15) is 0 Å². The highest BCUT2D eigenvalue weighted by Gasteiger charge is 2.17. The summed E-state index contributed by atoms with van der Waals surface area (Å²) in [5.74, 6) is 1.03. The van der Waals surface area contributed by atoms with Gasteiger partial charge < -0.3 is 10.1 Å². The first-order valence-corrected chi connectivity index (χ1v) is 6.81. The molecule has 1 saturated heterocycles. The van der Waals surface area contributed by atoms with Gasteiger partial charge in [0.1, 0.15) is 12.4 Å². The van der Waals surface area contributed by atoms with Crippen molar-refractivity contribution in [1.29, 1.82) is 0 Å². The molecule has 0 saturated carbocycles. The van der Waals surface area contributed by atoms with Gasteiger partial charge in [-0.25, -0.2) is 0 Å². The van der Waals surface area contributed by atoms with Crippen molar-refractivity contribution >= 4 is 12.4 Å². The number of halogens is 1. The van der Waals surface area contributed by atoms with E-state index < -0.39 is 0 Å². The summed E-state index contributed by atoms with van der Waals surface area (Å²) in [6.45, 7) is 11.6. The zero-order chi connectivity index (χ0) is 13.0. The summed E-state index contributed by atoms with van der Waals surface area (Å²) < 4.78 is 5.91. The van der Waals surface area contributed by atoms with Gasteiger partial charge in [-0.1, -0.05) is 12.1 Å². The van der Waals surface area contributed by atoms with E-state index in [0.717, 1.165) is 38.5 Å². The topological polar surface area (TPSA) is 24.5 Å². The lowest BCUT2D eigenvalue weighted by Crippen LogP contribution is -2.50. The molecule has 0 unspecified atom stereocenters. The first-order chi connectivity index (χ1) is 8.66. The number of aryl methyl sites for hydroxylation is 2. The molecule has 1 aromatic rings. The quantitative estimate of drug-likeness (QED) is 0.919. The van der Waals surface area contributed by atoms with Gasteiger partial charge in [-0.05, 0) is 38.0 Å². The standard InChI is InChI=1S/C15H24N2O.ClH/c1-12-4-5-13(2)15(10-12)18-9-8-17-7-6-16-11-14(17)3;/h4-5,10,14,16H,6-9,11H2,1-3H3;1H/t14-;/m0./s1. The first-order valence-electron chi connectivity index (χ1n) is 6.81. The number of nitrogens with zero attached hydrogens (tertiary/aromatic N) is 1. The number of nitrogens with one attached hydrogen (secondary N) is 1. The van der Waals surface area contributed by atoms with Crippen LogP contribution in [0.5, 0.6) is 5.75 Å². The van der Waals surface area contributed by atoms with Gasteiger partial charge in [-0.15, -0.1) is 12.4 Å². The number of benzene rings is 1. The van der Waals surface area contributed by atoms with Crippen LogP contribution in [0, 0.1) is 13.8 Å². The molecule has 4 heteroatoms. The highest BCUT2D eigenvalue weighted by molar-refractivity contribution is 5.85. The minimum Gasteiger partial charge on any atom is -0.492 e. The van der Waals surface area contributed by atoms with Crippen LogP contribution in [-0.4, -0.2) is 43.7 Å². The molecule has 0 bridgehead atoms. The molecule has 1 aromatic carbocycles. The Labute approximate surface area is 122 Å². The molecule has 1 atom stereocenters. The van der Waals surface area contributed by atoms with Crippen LogP contribution in [0.3, 0.4) is 0 Å². The van der Waals surface area contributed by atoms with Crippen LogP contribution in [-0.2, 0) is 0 Å². The molecule has 2 rings (SSSR count). The molecule has 108 valence electrons. The number of ether oxygens (including phenoxy) is 1. The molecule has 1 N–H and O–H groups in total. The van der Waals surface area contributed by atoms with Crippen molar-refractivity contribution in [2.45, 2.75) is 26.8 Å². The van der Waals surface area contributed by atoms with E-state index in [0.29, 0.717) is 6.04 Å². The largest absolute Gasteiger partial charge is 0.492 e. The maximum Gasteiger partial charge on any atom is 0.122 e. The second-order valence-electron chi connectivity index (χ2n) is 5.21. The van der Waals surface area contributed by atoms with Crippen LogP contribution in [0.2, 0.25) is 0 Å². The Morgan fingerprint density at radius 2 is 2.16 bits per heavy atom.